The largest absolute Gasteiger partial charge is 0.356 e. The molecule has 4 nitrogen and oxygen atoms in total. The van der Waals surface area contributed by atoms with E-state index in [1.54, 1.807) is 0 Å². The van der Waals surface area contributed by atoms with Crippen molar-refractivity contribution in [2.75, 3.05) is 47.3 Å². The van der Waals surface area contributed by atoms with Crippen molar-refractivity contribution in [3.8, 4) is 0 Å². The molecule has 1 fully saturated rings. The van der Waals surface area contributed by atoms with E-state index in [1.165, 1.54) is 6.42 Å². The molecule has 1 aliphatic rings. The maximum atomic E-state index is 4.44. The van der Waals surface area contributed by atoms with E-state index in [9.17, 15) is 0 Å². The van der Waals surface area contributed by atoms with Gasteiger partial charge in [0, 0.05) is 33.2 Å². The fourth-order valence-corrected chi connectivity index (χ4v) is 2.86. The summed E-state index contributed by atoms with van der Waals surface area (Å²) >= 11 is 0. The van der Waals surface area contributed by atoms with Gasteiger partial charge >= 0.3 is 0 Å². The van der Waals surface area contributed by atoms with Gasteiger partial charge in [-0.3, -0.25) is 4.99 Å². The Morgan fingerprint density at radius 3 is 2.42 bits per heavy atom. The minimum Gasteiger partial charge on any atom is -0.356 e. The summed E-state index contributed by atoms with van der Waals surface area (Å²) in [5.74, 6) is 1.05. The highest BCUT2D eigenvalue weighted by molar-refractivity contribution is 5.80. The molecule has 19 heavy (non-hydrogen) atoms. The second-order valence-electron chi connectivity index (χ2n) is 7.64. The lowest BCUT2D eigenvalue weighted by Crippen LogP contribution is -2.46. The molecular formula is C15H32N4. The zero-order valence-electron chi connectivity index (χ0n) is 13.9. The average Bonchev–Trinajstić information content (AvgIpc) is 2.57. The molecule has 1 aliphatic heterocycles. The Morgan fingerprint density at radius 2 is 2.00 bits per heavy atom. The first-order valence-corrected chi connectivity index (χ1v) is 7.26. The predicted molar refractivity (Wildman–Crippen MR) is 83.7 cm³/mol. The van der Waals surface area contributed by atoms with E-state index < -0.39 is 0 Å². The average molecular weight is 268 g/mol. The van der Waals surface area contributed by atoms with Gasteiger partial charge < -0.3 is 15.1 Å². The van der Waals surface area contributed by atoms with Gasteiger partial charge in [0.15, 0.2) is 5.96 Å². The maximum Gasteiger partial charge on any atom is 0.193 e. The van der Waals surface area contributed by atoms with Crippen molar-refractivity contribution in [2.45, 2.75) is 34.1 Å². The Hall–Kier alpha value is -0.770. The molecule has 1 saturated heterocycles. The van der Waals surface area contributed by atoms with E-state index in [2.05, 4.69) is 61.9 Å². The highest BCUT2D eigenvalue weighted by Gasteiger charge is 2.31. The van der Waals surface area contributed by atoms with Crippen LogP contribution in [0.15, 0.2) is 4.99 Å². The molecule has 0 saturated carbocycles. The molecule has 1 heterocycles. The van der Waals surface area contributed by atoms with Crippen molar-refractivity contribution in [3.05, 3.63) is 0 Å². The first kappa shape index (κ1) is 16.3. The number of aliphatic imine (C=N–C) groups is 1. The smallest absolute Gasteiger partial charge is 0.193 e. The SMILES string of the molecule is CN=C(NCC(C)(C)CN(C)C)N1CCC(C)(C)C1. The van der Waals surface area contributed by atoms with Gasteiger partial charge in [-0.2, -0.15) is 0 Å². The van der Waals surface area contributed by atoms with E-state index in [4.69, 9.17) is 0 Å². The van der Waals surface area contributed by atoms with Crippen LogP contribution >= 0.6 is 0 Å². The Balaban J connectivity index is 2.51. The summed E-state index contributed by atoms with van der Waals surface area (Å²) in [7, 11) is 6.13. The van der Waals surface area contributed by atoms with Gasteiger partial charge in [-0.15, -0.1) is 0 Å². The zero-order chi connectivity index (χ0) is 14.7. The summed E-state index contributed by atoms with van der Waals surface area (Å²) < 4.78 is 0. The fourth-order valence-electron chi connectivity index (χ4n) is 2.86. The lowest BCUT2D eigenvalue weighted by Gasteiger charge is -2.31. The van der Waals surface area contributed by atoms with Crippen LogP contribution in [0.2, 0.25) is 0 Å². The molecule has 0 aromatic heterocycles. The van der Waals surface area contributed by atoms with Crippen molar-refractivity contribution in [1.82, 2.24) is 15.1 Å². The molecular weight excluding hydrogens is 236 g/mol. The quantitative estimate of drug-likeness (QED) is 0.624. The monoisotopic (exact) mass is 268 g/mol. The summed E-state index contributed by atoms with van der Waals surface area (Å²) in [6.07, 6.45) is 1.24. The van der Waals surface area contributed by atoms with Gasteiger partial charge in [0.1, 0.15) is 0 Å². The molecule has 4 heteroatoms. The summed E-state index contributed by atoms with van der Waals surface area (Å²) in [6, 6.07) is 0. The van der Waals surface area contributed by atoms with Gasteiger partial charge in [0.25, 0.3) is 0 Å². The van der Waals surface area contributed by atoms with Crippen LogP contribution in [-0.2, 0) is 0 Å². The first-order valence-electron chi connectivity index (χ1n) is 7.26. The van der Waals surface area contributed by atoms with E-state index >= 15 is 0 Å². The van der Waals surface area contributed by atoms with Crippen LogP contribution in [-0.4, -0.2) is 63.1 Å². The molecule has 0 aromatic rings. The molecule has 0 aliphatic carbocycles. The Morgan fingerprint density at radius 1 is 1.37 bits per heavy atom. The minimum atomic E-state index is 0.245. The van der Waals surface area contributed by atoms with Crippen LogP contribution in [0.3, 0.4) is 0 Å². The Bertz CT molecular complexity index is 318. The molecule has 0 amide bonds. The van der Waals surface area contributed by atoms with Crippen LogP contribution in [0.5, 0.6) is 0 Å². The molecule has 1 rings (SSSR count). The molecule has 0 spiro atoms. The molecule has 0 aromatic carbocycles. The van der Waals surface area contributed by atoms with Crippen LogP contribution in [0.25, 0.3) is 0 Å². The number of likely N-dealkylation sites (tertiary alicyclic amines) is 1. The minimum absolute atomic E-state index is 0.245. The molecule has 0 radical (unpaired) electrons. The maximum absolute atomic E-state index is 4.44. The summed E-state index contributed by atoms with van der Waals surface area (Å²) in [6.45, 7) is 13.5. The van der Waals surface area contributed by atoms with Crippen LogP contribution in [0, 0.1) is 10.8 Å². The second kappa shape index (κ2) is 6.12. The topological polar surface area (TPSA) is 30.9 Å². The summed E-state index contributed by atoms with van der Waals surface area (Å²) in [4.78, 5) is 9.06. The van der Waals surface area contributed by atoms with E-state index in [0.717, 1.165) is 32.1 Å². The fraction of sp³-hybridized carbons (Fsp3) is 0.933. The summed E-state index contributed by atoms with van der Waals surface area (Å²) in [5, 5.41) is 3.54. The van der Waals surface area contributed by atoms with Crippen molar-refractivity contribution >= 4 is 5.96 Å². The standard InChI is InChI=1S/C15H32N4/c1-14(2)8-9-19(12-14)13(16-5)17-10-15(3,4)11-18(6)7/h8-12H2,1-7H3,(H,16,17). The normalized spacial score (nSPS) is 20.2. The zero-order valence-corrected chi connectivity index (χ0v) is 13.9. The number of rotatable bonds is 4. The third-order valence-electron chi connectivity index (χ3n) is 3.66. The molecule has 0 unspecified atom stereocenters. The molecule has 0 atom stereocenters. The lowest BCUT2D eigenvalue weighted by atomic mass is 9.93. The Kier molecular flexibility index (Phi) is 5.25. The first-order chi connectivity index (χ1) is 8.65. The van der Waals surface area contributed by atoms with Crippen molar-refractivity contribution < 1.29 is 0 Å². The Labute approximate surface area is 119 Å². The van der Waals surface area contributed by atoms with Gasteiger partial charge in [-0.25, -0.2) is 0 Å². The van der Waals surface area contributed by atoms with Gasteiger partial charge in [-0.05, 0) is 31.3 Å². The van der Waals surface area contributed by atoms with Crippen LogP contribution in [0.4, 0.5) is 0 Å². The third kappa shape index (κ3) is 5.39. The van der Waals surface area contributed by atoms with Gasteiger partial charge in [-0.1, -0.05) is 27.7 Å². The third-order valence-corrected chi connectivity index (χ3v) is 3.66. The highest BCUT2D eigenvalue weighted by atomic mass is 15.3. The number of hydrogen-bond acceptors (Lipinski definition) is 2. The van der Waals surface area contributed by atoms with E-state index in [0.29, 0.717) is 5.41 Å². The lowest BCUT2D eigenvalue weighted by molar-refractivity contribution is 0.238. The van der Waals surface area contributed by atoms with Crippen molar-refractivity contribution in [3.63, 3.8) is 0 Å². The number of nitrogens with one attached hydrogen (secondary N) is 1. The summed E-state index contributed by atoms with van der Waals surface area (Å²) in [5.41, 5.74) is 0.658. The number of nitrogens with zero attached hydrogens (tertiary/aromatic N) is 3. The number of guanidine groups is 1. The number of hydrogen-bond donors (Lipinski definition) is 1. The molecule has 112 valence electrons. The van der Waals surface area contributed by atoms with Crippen molar-refractivity contribution in [1.29, 1.82) is 0 Å². The van der Waals surface area contributed by atoms with Crippen molar-refractivity contribution in [2.24, 2.45) is 15.8 Å². The van der Waals surface area contributed by atoms with E-state index in [-0.39, 0.29) is 5.41 Å². The van der Waals surface area contributed by atoms with Gasteiger partial charge in [0.05, 0.1) is 0 Å². The van der Waals surface area contributed by atoms with Crippen LogP contribution < -0.4 is 5.32 Å². The molecule has 1 N–H and O–H groups in total. The predicted octanol–water partition coefficient (Wildman–Crippen LogP) is 1.88. The second-order valence-corrected chi connectivity index (χ2v) is 7.64. The highest BCUT2D eigenvalue weighted by Crippen LogP contribution is 2.28. The van der Waals surface area contributed by atoms with Crippen LogP contribution in [0.1, 0.15) is 34.1 Å². The van der Waals surface area contributed by atoms with E-state index in [1.807, 2.05) is 7.05 Å². The molecule has 0 bridgehead atoms. The van der Waals surface area contributed by atoms with Gasteiger partial charge in [0.2, 0.25) is 0 Å².